The Bertz CT molecular complexity index is 863. The summed E-state index contributed by atoms with van der Waals surface area (Å²) in [6, 6.07) is 12.5. The van der Waals surface area contributed by atoms with Gasteiger partial charge in [0.2, 0.25) is 5.91 Å². The first-order chi connectivity index (χ1) is 15.5. The minimum atomic E-state index is -0.623. The van der Waals surface area contributed by atoms with Crippen LogP contribution in [0.5, 0.6) is 0 Å². The third-order valence-corrected chi connectivity index (χ3v) is 7.42. The number of piperidine rings is 1. The number of anilines is 1. The van der Waals surface area contributed by atoms with Crippen molar-refractivity contribution in [1.29, 1.82) is 0 Å². The SMILES string of the molecule is CCN(CC)c1ccc([C@@H]2[C@H]3CCCC[C@]3(O)CCN2CC(=O)NCc2ccco2)cc1. The normalized spacial score (nSPS) is 25.8. The number of nitrogens with zero attached hydrogens (tertiary/aromatic N) is 2. The average Bonchev–Trinajstić information content (AvgIpc) is 3.33. The van der Waals surface area contributed by atoms with Crippen LogP contribution in [0.4, 0.5) is 5.69 Å². The maximum Gasteiger partial charge on any atom is 0.234 e. The number of hydrogen-bond donors (Lipinski definition) is 2. The van der Waals surface area contributed by atoms with E-state index in [1.165, 1.54) is 11.3 Å². The van der Waals surface area contributed by atoms with Gasteiger partial charge in [-0.3, -0.25) is 9.69 Å². The number of fused-ring (bicyclic) bond motifs is 1. The summed E-state index contributed by atoms with van der Waals surface area (Å²) in [7, 11) is 0. The molecule has 0 spiro atoms. The van der Waals surface area contributed by atoms with Gasteiger partial charge in [-0.1, -0.05) is 25.0 Å². The lowest BCUT2D eigenvalue weighted by molar-refractivity contribution is -0.138. The Morgan fingerprint density at radius 3 is 2.66 bits per heavy atom. The number of carbonyl (C=O) groups excluding carboxylic acids is 1. The molecule has 0 unspecified atom stereocenters. The monoisotopic (exact) mass is 439 g/mol. The molecule has 32 heavy (non-hydrogen) atoms. The molecule has 1 amide bonds. The van der Waals surface area contributed by atoms with E-state index in [1.807, 2.05) is 12.1 Å². The molecule has 4 rings (SSSR count). The minimum Gasteiger partial charge on any atom is -0.467 e. The van der Waals surface area contributed by atoms with Gasteiger partial charge in [0.25, 0.3) is 0 Å². The Kier molecular flexibility index (Phi) is 7.21. The van der Waals surface area contributed by atoms with Crippen LogP contribution in [-0.2, 0) is 11.3 Å². The van der Waals surface area contributed by atoms with Crippen LogP contribution in [0.25, 0.3) is 0 Å². The first-order valence-corrected chi connectivity index (χ1v) is 12.1. The van der Waals surface area contributed by atoms with Crippen LogP contribution < -0.4 is 10.2 Å². The van der Waals surface area contributed by atoms with Crippen LogP contribution >= 0.6 is 0 Å². The fraction of sp³-hybridized carbons (Fsp3) is 0.577. The largest absolute Gasteiger partial charge is 0.467 e. The predicted molar refractivity (Wildman–Crippen MR) is 126 cm³/mol. The van der Waals surface area contributed by atoms with Gasteiger partial charge in [0, 0.05) is 37.3 Å². The molecule has 6 heteroatoms. The van der Waals surface area contributed by atoms with Crippen LogP contribution in [0.2, 0.25) is 0 Å². The molecule has 1 aromatic carbocycles. The Morgan fingerprint density at radius 2 is 1.97 bits per heavy atom. The van der Waals surface area contributed by atoms with Crippen LogP contribution in [0.1, 0.15) is 63.3 Å². The summed E-state index contributed by atoms with van der Waals surface area (Å²) in [6.45, 7) is 7.75. The van der Waals surface area contributed by atoms with Gasteiger partial charge >= 0.3 is 0 Å². The maximum absolute atomic E-state index is 12.8. The summed E-state index contributed by atoms with van der Waals surface area (Å²) >= 11 is 0. The van der Waals surface area contributed by atoms with Crippen molar-refractivity contribution in [2.75, 3.05) is 31.1 Å². The van der Waals surface area contributed by atoms with E-state index in [4.69, 9.17) is 4.42 Å². The Morgan fingerprint density at radius 1 is 1.19 bits per heavy atom. The van der Waals surface area contributed by atoms with Crippen molar-refractivity contribution in [3.8, 4) is 0 Å². The van der Waals surface area contributed by atoms with Gasteiger partial charge in [0.05, 0.1) is 25.0 Å². The third-order valence-electron chi connectivity index (χ3n) is 7.42. The molecule has 174 valence electrons. The Balaban J connectivity index is 1.54. The second kappa shape index (κ2) is 10.1. The van der Waals surface area contributed by atoms with Crippen molar-refractivity contribution in [3.63, 3.8) is 0 Å². The average molecular weight is 440 g/mol. The minimum absolute atomic E-state index is 0.00703. The van der Waals surface area contributed by atoms with Gasteiger partial charge in [0.15, 0.2) is 0 Å². The molecule has 0 radical (unpaired) electrons. The number of likely N-dealkylation sites (tertiary alicyclic amines) is 1. The topological polar surface area (TPSA) is 69.0 Å². The summed E-state index contributed by atoms with van der Waals surface area (Å²) < 4.78 is 5.33. The molecule has 0 bridgehead atoms. The number of hydrogen-bond acceptors (Lipinski definition) is 5. The summed E-state index contributed by atoms with van der Waals surface area (Å²) in [6.07, 6.45) is 6.45. The fourth-order valence-corrected chi connectivity index (χ4v) is 5.67. The lowest BCUT2D eigenvalue weighted by atomic mass is 9.66. The number of nitrogens with one attached hydrogen (secondary N) is 1. The van der Waals surface area contributed by atoms with Crippen molar-refractivity contribution < 1.29 is 14.3 Å². The van der Waals surface area contributed by atoms with E-state index in [9.17, 15) is 9.90 Å². The summed E-state index contributed by atoms with van der Waals surface area (Å²) in [5, 5.41) is 14.5. The zero-order chi connectivity index (χ0) is 22.6. The molecule has 2 aromatic rings. The zero-order valence-electron chi connectivity index (χ0n) is 19.4. The van der Waals surface area contributed by atoms with Crippen LogP contribution in [0.15, 0.2) is 47.1 Å². The van der Waals surface area contributed by atoms with E-state index in [0.717, 1.165) is 57.5 Å². The second-order valence-corrected chi connectivity index (χ2v) is 9.24. The zero-order valence-corrected chi connectivity index (χ0v) is 19.4. The highest BCUT2D eigenvalue weighted by Gasteiger charge is 2.49. The van der Waals surface area contributed by atoms with Crippen molar-refractivity contribution in [2.45, 2.75) is 64.1 Å². The van der Waals surface area contributed by atoms with Gasteiger partial charge in [-0.05, 0) is 62.9 Å². The smallest absolute Gasteiger partial charge is 0.234 e. The molecular weight excluding hydrogens is 402 g/mol. The lowest BCUT2D eigenvalue weighted by Crippen LogP contribution is -2.56. The first-order valence-electron chi connectivity index (χ1n) is 12.1. The van der Waals surface area contributed by atoms with Crippen molar-refractivity contribution in [3.05, 3.63) is 54.0 Å². The molecule has 1 aromatic heterocycles. The standard InChI is InChI=1S/C26H37N3O3/c1-3-28(4-2)21-12-10-20(11-13-21)25-23-9-5-6-14-26(23,31)15-16-29(25)19-24(30)27-18-22-8-7-17-32-22/h7-8,10-13,17,23,25,31H,3-6,9,14-16,18-19H2,1-2H3,(H,27,30)/t23-,25-,26+/m1/s1. The summed E-state index contributed by atoms with van der Waals surface area (Å²) in [4.78, 5) is 17.4. The predicted octanol–water partition coefficient (Wildman–Crippen LogP) is 4.11. The van der Waals surface area contributed by atoms with E-state index in [2.05, 4.69) is 53.2 Å². The molecule has 2 heterocycles. The molecule has 1 aliphatic heterocycles. The maximum atomic E-state index is 12.8. The lowest BCUT2D eigenvalue weighted by Gasteiger charge is -2.52. The highest BCUT2D eigenvalue weighted by atomic mass is 16.3. The molecule has 1 aliphatic carbocycles. The number of amides is 1. The van der Waals surface area contributed by atoms with Crippen molar-refractivity contribution >= 4 is 11.6 Å². The molecule has 3 atom stereocenters. The molecule has 1 saturated carbocycles. The number of rotatable bonds is 8. The van der Waals surface area contributed by atoms with E-state index in [1.54, 1.807) is 6.26 Å². The van der Waals surface area contributed by atoms with Gasteiger partial charge in [0.1, 0.15) is 5.76 Å². The van der Waals surface area contributed by atoms with Crippen LogP contribution in [0, 0.1) is 5.92 Å². The number of benzene rings is 1. The van der Waals surface area contributed by atoms with Gasteiger partial charge < -0.3 is 19.7 Å². The number of furan rings is 1. The molecule has 2 aliphatic rings. The van der Waals surface area contributed by atoms with Gasteiger partial charge in [-0.2, -0.15) is 0 Å². The van der Waals surface area contributed by atoms with Crippen molar-refractivity contribution in [1.82, 2.24) is 10.2 Å². The van der Waals surface area contributed by atoms with Crippen LogP contribution in [0.3, 0.4) is 0 Å². The number of carbonyl (C=O) groups is 1. The van der Waals surface area contributed by atoms with Crippen molar-refractivity contribution in [2.24, 2.45) is 5.92 Å². The third kappa shape index (κ3) is 4.86. The summed E-state index contributed by atoms with van der Waals surface area (Å²) in [5.74, 6) is 0.900. The molecule has 2 fully saturated rings. The second-order valence-electron chi connectivity index (χ2n) is 9.24. The first kappa shape index (κ1) is 22.9. The molecule has 1 saturated heterocycles. The number of aliphatic hydroxyl groups is 1. The molecule has 2 N–H and O–H groups in total. The van der Waals surface area contributed by atoms with E-state index >= 15 is 0 Å². The Hall–Kier alpha value is -2.31. The molecule has 6 nitrogen and oxygen atoms in total. The van der Waals surface area contributed by atoms with E-state index in [0.29, 0.717) is 13.1 Å². The van der Waals surface area contributed by atoms with Gasteiger partial charge in [-0.15, -0.1) is 0 Å². The van der Waals surface area contributed by atoms with E-state index in [-0.39, 0.29) is 17.9 Å². The quantitative estimate of drug-likeness (QED) is 0.648. The Labute approximate surface area is 191 Å². The van der Waals surface area contributed by atoms with Gasteiger partial charge in [-0.25, -0.2) is 0 Å². The highest BCUT2D eigenvalue weighted by Crippen LogP contribution is 2.49. The van der Waals surface area contributed by atoms with E-state index < -0.39 is 5.60 Å². The van der Waals surface area contributed by atoms with Crippen LogP contribution in [-0.4, -0.2) is 47.7 Å². The fourth-order valence-electron chi connectivity index (χ4n) is 5.67. The highest BCUT2D eigenvalue weighted by molar-refractivity contribution is 5.78. The summed E-state index contributed by atoms with van der Waals surface area (Å²) in [5.41, 5.74) is 1.79. The molecular formula is C26H37N3O3.